The highest BCUT2D eigenvalue weighted by atomic mass is 16.7. The number of pyridine rings is 1. The normalized spacial score (nSPS) is 10.8. The fraction of sp³-hybridized carbons (Fsp3) is 0.364. The van der Waals surface area contributed by atoms with Gasteiger partial charge in [-0.15, -0.1) is 5.17 Å². The van der Waals surface area contributed by atoms with Gasteiger partial charge in [0, 0.05) is 6.20 Å². The van der Waals surface area contributed by atoms with Crippen LogP contribution >= 0.6 is 0 Å². The Morgan fingerprint density at radius 2 is 2.17 bits per heavy atom. The molecule has 0 fully saturated rings. The maximum atomic E-state index is 10.8. The van der Waals surface area contributed by atoms with Crippen molar-refractivity contribution in [3.63, 3.8) is 0 Å². The summed E-state index contributed by atoms with van der Waals surface area (Å²) in [7, 11) is 0. The van der Waals surface area contributed by atoms with Crippen LogP contribution < -0.4 is 5.43 Å². The Hall–Kier alpha value is -2.15. The van der Waals surface area contributed by atoms with Gasteiger partial charge >= 0.3 is 5.97 Å². The molecular weight excluding hydrogens is 238 g/mol. The lowest BCUT2D eigenvalue weighted by Gasteiger charge is -2.26. The zero-order valence-electron chi connectivity index (χ0n) is 10.4. The first-order valence-corrected chi connectivity index (χ1v) is 5.21. The zero-order valence-corrected chi connectivity index (χ0v) is 10.4. The number of carboxylic acids is 1. The van der Waals surface area contributed by atoms with Gasteiger partial charge in [-0.25, -0.2) is 14.6 Å². The zero-order chi connectivity index (χ0) is 13.8. The van der Waals surface area contributed by atoms with Crippen molar-refractivity contribution in [2.24, 2.45) is 0 Å². The highest BCUT2D eigenvalue weighted by molar-refractivity contribution is 5.87. The predicted molar refractivity (Wildman–Crippen MR) is 63.6 cm³/mol. The van der Waals surface area contributed by atoms with Gasteiger partial charge in [0.15, 0.2) is 0 Å². The molecule has 0 saturated carbocycles. The number of nitrogens with one attached hydrogen (secondary N) is 1. The van der Waals surface area contributed by atoms with Gasteiger partial charge in [-0.3, -0.25) is 10.2 Å². The van der Waals surface area contributed by atoms with Crippen LogP contribution in [0.4, 0.5) is 5.82 Å². The molecular formula is C11H15N3O4. The van der Waals surface area contributed by atoms with E-state index in [-0.39, 0.29) is 5.56 Å². The molecule has 0 aromatic carbocycles. The summed E-state index contributed by atoms with van der Waals surface area (Å²) in [6.45, 7) is 5.35. The van der Waals surface area contributed by atoms with E-state index in [1.807, 2.05) is 0 Å². The molecule has 7 heteroatoms. The standard InChI is InChI=1S/C11H15N3O4/c1-11(2,3)18-14(7-15)13-9-5-4-8(6-12-9)10(16)17/h4-7H,1-3H3,(H,12,13)(H,16,17). The van der Waals surface area contributed by atoms with E-state index in [1.54, 1.807) is 20.8 Å². The number of rotatable bonds is 5. The van der Waals surface area contributed by atoms with E-state index in [1.165, 1.54) is 18.3 Å². The minimum atomic E-state index is -1.06. The van der Waals surface area contributed by atoms with Gasteiger partial charge in [0.2, 0.25) is 0 Å². The number of aromatic nitrogens is 1. The summed E-state index contributed by atoms with van der Waals surface area (Å²) in [5.41, 5.74) is 2.11. The first-order chi connectivity index (χ1) is 8.31. The van der Waals surface area contributed by atoms with Crippen molar-refractivity contribution in [2.75, 3.05) is 5.43 Å². The van der Waals surface area contributed by atoms with Gasteiger partial charge in [0.05, 0.1) is 11.2 Å². The van der Waals surface area contributed by atoms with Gasteiger partial charge in [-0.2, -0.15) is 0 Å². The predicted octanol–water partition coefficient (Wildman–Crippen LogP) is 1.30. The highest BCUT2D eigenvalue weighted by Gasteiger charge is 2.16. The van der Waals surface area contributed by atoms with E-state index in [0.717, 1.165) is 5.17 Å². The molecule has 0 atom stereocenters. The fourth-order valence-electron chi connectivity index (χ4n) is 1.07. The van der Waals surface area contributed by atoms with Gasteiger partial charge in [0.1, 0.15) is 5.82 Å². The second kappa shape index (κ2) is 5.46. The van der Waals surface area contributed by atoms with Crippen LogP contribution in [0.2, 0.25) is 0 Å². The maximum Gasteiger partial charge on any atom is 0.337 e. The van der Waals surface area contributed by atoms with E-state index in [9.17, 15) is 9.59 Å². The molecule has 1 aromatic heterocycles. The summed E-state index contributed by atoms with van der Waals surface area (Å²) in [5.74, 6) is -0.761. The van der Waals surface area contributed by atoms with Crippen LogP contribution in [-0.2, 0) is 9.63 Å². The minimum Gasteiger partial charge on any atom is -0.478 e. The van der Waals surface area contributed by atoms with Crippen molar-refractivity contribution in [3.8, 4) is 0 Å². The third-order valence-corrected chi connectivity index (χ3v) is 1.70. The Morgan fingerprint density at radius 3 is 2.56 bits per heavy atom. The molecule has 0 bridgehead atoms. The average Bonchev–Trinajstić information content (AvgIpc) is 2.27. The summed E-state index contributed by atoms with van der Waals surface area (Å²) in [6, 6.07) is 2.81. The molecule has 0 aliphatic heterocycles. The van der Waals surface area contributed by atoms with Gasteiger partial charge in [0.25, 0.3) is 6.41 Å². The first kappa shape index (κ1) is 13.9. The number of hydrogen-bond donors (Lipinski definition) is 2. The van der Waals surface area contributed by atoms with Crippen LogP contribution in [-0.4, -0.2) is 33.2 Å². The number of carbonyl (C=O) groups is 2. The van der Waals surface area contributed by atoms with E-state index >= 15 is 0 Å². The van der Waals surface area contributed by atoms with Crippen molar-refractivity contribution in [2.45, 2.75) is 26.4 Å². The number of anilines is 1. The molecule has 0 saturated heterocycles. The molecule has 0 aliphatic rings. The summed E-state index contributed by atoms with van der Waals surface area (Å²) in [4.78, 5) is 30.5. The second-order valence-corrected chi connectivity index (χ2v) is 4.48. The molecule has 1 amide bonds. The van der Waals surface area contributed by atoms with Crippen LogP contribution in [0, 0.1) is 0 Å². The number of hydroxylamine groups is 1. The van der Waals surface area contributed by atoms with E-state index in [0.29, 0.717) is 12.2 Å². The average molecular weight is 253 g/mol. The molecule has 18 heavy (non-hydrogen) atoms. The number of hydrogen-bond acceptors (Lipinski definition) is 5. The topological polar surface area (TPSA) is 91.8 Å². The monoisotopic (exact) mass is 253 g/mol. The van der Waals surface area contributed by atoms with Crippen LogP contribution in [0.15, 0.2) is 18.3 Å². The van der Waals surface area contributed by atoms with E-state index in [2.05, 4.69) is 10.4 Å². The lowest BCUT2D eigenvalue weighted by Crippen LogP contribution is -2.37. The van der Waals surface area contributed by atoms with Crippen molar-refractivity contribution in [1.82, 2.24) is 10.2 Å². The third kappa shape index (κ3) is 4.38. The summed E-state index contributed by atoms with van der Waals surface area (Å²) < 4.78 is 0. The van der Waals surface area contributed by atoms with Crippen molar-refractivity contribution >= 4 is 18.2 Å². The molecule has 2 N–H and O–H groups in total. The van der Waals surface area contributed by atoms with Gasteiger partial charge in [-0.05, 0) is 32.9 Å². The van der Waals surface area contributed by atoms with Crippen LogP contribution in [0.25, 0.3) is 0 Å². The molecule has 0 aliphatic carbocycles. The maximum absolute atomic E-state index is 10.8. The van der Waals surface area contributed by atoms with Gasteiger partial charge in [-0.1, -0.05) is 0 Å². The lowest BCUT2D eigenvalue weighted by molar-refractivity contribution is -0.205. The Kier molecular flexibility index (Phi) is 4.22. The third-order valence-electron chi connectivity index (χ3n) is 1.70. The number of hydrazine groups is 1. The number of aromatic carboxylic acids is 1. The molecule has 1 aromatic rings. The SMILES string of the molecule is CC(C)(C)ON(C=O)Nc1ccc(C(=O)O)cn1. The lowest BCUT2D eigenvalue weighted by atomic mass is 10.2. The minimum absolute atomic E-state index is 0.0648. The van der Waals surface area contributed by atoms with Crippen molar-refractivity contribution in [3.05, 3.63) is 23.9 Å². The number of carboxylic acid groups (broad SMARTS) is 1. The first-order valence-electron chi connectivity index (χ1n) is 5.21. The number of carbonyl (C=O) groups excluding carboxylic acids is 1. The Bertz CT molecular complexity index is 425. The molecule has 0 unspecified atom stereocenters. The quantitative estimate of drug-likeness (QED) is 0.607. The number of amides is 1. The van der Waals surface area contributed by atoms with Gasteiger partial charge < -0.3 is 5.11 Å². The molecule has 0 spiro atoms. The fourth-order valence-corrected chi connectivity index (χ4v) is 1.07. The van der Waals surface area contributed by atoms with E-state index in [4.69, 9.17) is 9.94 Å². The van der Waals surface area contributed by atoms with E-state index < -0.39 is 11.6 Å². The number of nitrogens with zero attached hydrogens (tertiary/aromatic N) is 2. The second-order valence-electron chi connectivity index (χ2n) is 4.48. The summed E-state index contributed by atoms with van der Waals surface area (Å²) >= 11 is 0. The van der Waals surface area contributed by atoms with Crippen LogP contribution in [0.3, 0.4) is 0 Å². The summed E-state index contributed by atoms with van der Waals surface area (Å²) in [6.07, 6.45) is 1.64. The molecule has 1 rings (SSSR count). The smallest absolute Gasteiger partial charge is 0.337 e. The van der Waals surface area contributed by atoms with Crippen molar-refractivity contribution < 1.29 is 19.5 Å². The largest absolute Gasteiger partial charge is 0.478 e. The summed E-state index contributed by atoms with van der Waals surface area (Å²) in [5, 5.41) is 9.58. The Morgan fingerprint density at radius 1 is 1.50 bits per heavy atom. The molecule has 98 valence electrons. The molecule has 0 radical (unpaired) electrons. The van der Waals surface area contributed by atoms with Crippen LogP contribution in [0.5, 0.6) is 0 Å². The Balaban J connectivity index is 2.70. The van der Waals surface area contributed by atoms with Crippen LogP contribution in [0.1, 0.15) is 31.1 Å². The molecule has 7 nitrogen and oxygen atoms in total. The Labute approximate surface area is 104 Å². The van der Waals surface area contributed by atoms with Crippen molar-refractivity contribution in [1.29, 1.82) is 0 Å². The molecule has 1 heterocycles. The highest BCUT2D eigenvalue weighted by Crippen LogP contribution is 2.11.